The molecule has 0 spiro atoms. The predicted molar refractivity (Wildman–Crippen MR) is 71.2 cm³/mol. The number of hydrogen-bond acceptors (Lipinski definition) is 3. The minimum atomic E-state index is -0.842. The van der Waals surface area contributed by atoms with Gasteiger partial charge in [-0.05, 0) is 35.6 Å². The minimum Gasteiger partial charge on any atom is -0.496 e. The molecule has 18 heavy (non-hydrogen) atoms. The van der Waals surface area contributed by atoms with Crippen LogP contribution in [-0.2, 0) is 11.3 Å². The maximum absolute atomic E-state index is 10.5. The van der Waals surface area contributed by atoms with E-state index in [4.69, 9.17) is 9.84 Å². The number of nitrogens with one attached hydrogen (secondary N) is 1. The third-order valence-electron chi connectivity index (χ3n) is 2.90. The van der Waals surface area contributed by atoms with Gasteiger partial charge in [-0.3, -0.25) is 4.79 Å². The topological polar surface area (TPSA) is 58.6 Å². The summed E-state index contributed by atoms with van der Waals surface area (Å²) < 4.78 is 5.37. The first-order valence-electron chi connectivity index (χ1n) is 6.05. The number of rotatable bonds is 6. The Hall–Kier alpha value is -1.55. The molecule has 0 bridgehead atoms. The zero-order valence-electron chi connectivity index (χ0n) is 11.4. The third-order valence-corrected chi connectivity index (χ3v) is 2.90. The summed E-state index contributed by atoms with van der Waals surface area (Å²) >= 11 is 0. The summed E-state index contributed by atoms with van der Waals surface area (Å²) in [6.45, 7) is 6.76. The zero-order chi connectivity index (χ0) is 13.7. The van der Waals surface area contributed by atoms with Crippen molar-refractivity contribution >= 4 is 5.97 Å². The molecule has 0 saturated carbocycles. The number of hydrogen-bond donors (Lipinski definition) is 2. The van der Waals surface area contributed by atoms with Gasteiger partial charge in [0.2, 0.25) is 0 Å². The molecule has 100 valence electrons. The van der Waals surface area contributed by atoms with E-state index in [0.29, 0.717) is 12.5 Å². The van der Waals surface area contributed by atoms with Gasteiger partial charge in [-0.2, -0.15) is 0 Å². The molecule has 0 aliphatic rings. The van der Waals surface area contributed by atoms with Crippen molar-refractivity contribution in [1.82, 2.24) is 5.32 Å². The van der Waals surface area contributed by atoms with Gasteiger partial charge in [0.05, 0.1) is 13.7 Å². The molecule has 4 nitrogen and oxygen atoms in total. The van der Waals surface area contributed by atoms with Crippen molar-refractivity contribution in [2.75, 3.05) is 13.7 Å². The second kappa shape index (κ2) is 6.40. The number of carbonyl (C=O) groups is 1. The fourth-order valence-electron chi connectivity index (χ4n) is 1.87. The largest absolute Gasteiger partial charge is 0.496 e. The van der Waals surface area contributed by atoms with Gasteiger partial charge in [-0.25, -0.2) is 0 Å². The number of aliphatic carboxylic acids is 1. The molecule has 0 amide bonds. The monoisotopic (exact) mass is 251 g/mol. The fraction of sp³-hybridized carbons (Fsp3) is 0.500. The first-order chi connectivity index (χ1) is 8.45. The van der Waals surface area contributed by atoms with Crippen LogP contribution < -0.4 is 10.1 Å². The lowest BCUT2D eigenvalue weighted by Gasteiger charge is -2.16. The van der Waals surface area contributed by atoms with E-state index in [2.05, 4.69) is 25.2 Å². The van der Waals surface area contributed by atoms with Gasteiger partial charge < -0.3 is 15.2 Å². The summed E-state index contributed by atoms with van der Waals surface area (Å²) in [4.78, 5) is 10.5. The fourth-order valence-corrected chi connectivity index (χ4v) is 1.87. The highest BCUT2D eigenvalue weighted by Gasteiger charge is 2.11. The molecule has 4 heteroatoms. The van der Waals surface area contributed by atoms with Gasteiger partial charge >= 0.3 is 5.97 Å². The molecule has 0 aliphatic carbocycles. The van der Waals surface area contributed by atoms with Crippen LogP contribution in [0, 0.1) is 6.92 Å². The highest BCUT2D eigenvalue weighted by molar-refractivity contribution is 5.69. The second-order valence-electron chi connectivity index (χ2n) is 4.67. The lowest BCUT2D eigenvalue weighted by molar-refractivity contribution is -0.135. The molecule has 0 atom stereocenters. The number of carboxylic acid groups (broad SMARTS) is 1. The summed E-state index contributed by atoms with van der Waals surface area (Å²) in [7, 11) is 1.67. The highest BCUT2D eigenvalue weighted by Crippen LogP contribution is 2.29. The molecule has 0 aromatic heterocycles. The van der Waals surface area contributed by atoms with Crippen LogP contribution in [0.3, 0.4) is 0 Å². The lowest BCUT2D eigenvalue weighted by atomic mass is 9.96. The van der Waals surface area contributed by atoms with E-state index in [0.717, 1.165) is 22.4 Å². The Kier molecular flexibility index (Phi) is 5.16. The molecule has 1 aromatic rings. The van der Waals surface area contributed by atoms with E-state index in [1.165, 1.54) is 0 Å². The van der Waals surface area contributed by atoms with Gasteiger partial charge in [-0.15, -0.1) is 0 Å². The summed E-state index contributed by atoms with van der Waals surface area (Å²) in [5.74, 6) is 0.425. The first kappa shape index (κ1) is 14.5. The number of carboxylic acids is 1. The molecule has 0 aliphatic heterocycles. The number of methoxy groups -OCH3 is 1. The Bertz CT molecular complexity index is 427. The van der Waals surface area contributed by atoms with Crippen LogP contribution in [0.5, 0.6) is 5.75 Å². The highest BCUT2D eigenvalue weighted by atomic mass is 16.5. The van der Waals surface area contributed by atoms with Crippen LogP contribution in [0.4, 0.5) is 0 Å². The molecule has 0 heterocycles. The van der Waals surface area contributed by atoms with E-state index in [1.807, 2.05) is 13.0 Å². The van der Waals surface area contributed by atoms with Crippen LogP contribution in [0.15, 0.2) is 12.1 Å². The quantitative estimate of drug-likeness (QED) is 0.814. The van der Waals surface area contributed by atoms with Crippen LogP contribution in [0.2, 0.25) is 0 Å². The van der Waals surface area contributed by atoms with Crippen molar-refractivity contribution in [1.29, 1.82) is 0 Å². The van der Waals surface area contributed by atoms with E-state index in [-0.39, 0.29) is 6.54 Å². The van der Waals surface area contributed by atoms with Crippen molar-refractivity contribution < 1.29 is 14.6 Å². The van der Waals surface area contributed by atoms with Crippen molar-refractivity contribution in [3.05, 3.63) is 28.8 Å². The minimum absolute atomic E-state index is 0.0253. The maximum atomic E-state index is 10.5. The van der Waals surface area contributed by atoms with Gasteiger partial charge in [0, 0.05) is 6.54 Å². The average Bonchev–Trinajstić information content (AvgIpc) is 2.29. The Balaban J connectivity index is 2.91. The molecule has 1 aromatic carbocycles. The summed E-state index contributed by atoms with van der Waals surface area (Å²) in [6.07, 6.45) is 0. The summed E-state index contributed by atoms with van der Waals surface area (Å²) in [6, 6.07) is 4.10. The number of benzene rings is 1. The molecule has 0 fully saturated rings. The van der Waals surface area contributed by atoms with Gasteiger partial charge in [-0.1, -0.05) is 19.9 Å². The van der Waals surface area contributed by atoms with Crippen molar-refractivity contribution in [2.45, 2.75) is 33.2 Å². The van der Waals surface area contributed by atoms with Crippen LogP contribution in [0.25, 0.3) is 0 Å². The Morgan fingerprint density at radius 1 is 1.44 bits per heavy atom. The van der Waals surface area contributed by atoms with Crippen molar-refractivity contribution in [3.8, 4) is 5.75 Å². The number of aryl methyl sites for hydroxylation is 1. The number of ether oxygens (including phenoxy) is 1. The van der Waals surface area contributed by atoms with Crippen LogP contribution >= 0.6 is 0 Å². The summed E-state index contributed by atoms with van der Waals surface area (Å²) in [5.41, 5.74) is 3.37. The van der Waals surface area contributed by atoms with E-state index in [1.54, 1.807) is 7.11 Å². The Morgan fingerprint density at radius 2 is 2.11 bits per heavy atom. The molecule has 2 N–H and O–H groups in total. The summed E-state index contributed by atoms with van der Waals surface area (Å²) in [5, 5.41) is 11.5. The van der Waals surface area contributed by atoms with E-state index < -0.39 is 5.97 Å². The second-order valence-corrected chi connectivity index (χ2v) is 4.67. The first-order valence-corrected chi connectivity index (χ1v) is 6.05. The van der Waals surface area contributed by atoms with Gasteiger partial charge in [0.15, 0.2) is 0 Å². The van der Waals surface area contributed by atoms with E-state index in [9.17, 15) is 4.79 Å². The molecular formula is C14H21NO3. The Morgan fingerprint density at radius 3 is 2.61 bits per heavy atom. The molecule has 0 unspecified atom stereocenters. The molecule has 0 saturated heterocycles. The average molecular weight is 251 g/mol. The normalized spacial score (nSPS) is 10.7. The van der Waals surface area contributed by atoms with Crippen LogP contribution in [-0.4, -0.2) is 24.7 Å². The smallest absolute Gasteiger partial charge is 0.317 e. The Labute approximate surface area is 108 Å². The predicted octanol–water partition coefficient (Wildman–Crippen LogP) is 2.30. The standard InChI is InChI=1S/C14H21NO3/c1-9(2)12-6-11(7-15-8-14(16)17)10(3)5-13(12)18-4/h5-6,9,15H,7-8H2,1-4H3,(H,16,17). The third kappa shape index (κ3) is 3.74. The van der Waals surface area contributed by atoms with Gasteiger partial charge in [0.1, 0.15) is 5.75 Å². The van der Waals surface area contributed by atoms with Crippen molar-refractivity contribution in [2.24, 2.45) is 0 Å². The lowest BCUT2D eigenvalue weighted by Crippen LogP contribution is -2.22. The van der Waals surface area contributed by atoms with E-state index >= 15 is 0 Å². The maximum Gasteiger partial charge on any atom is 0.317 e. The molecule has 0 radical (unpaired) electrons. The zero-order valence-corrected chi connectivity index (χ0v) is 11.4. The van der Waals surface area contributed by atoms with Gasteiger partial charge in [0.25, 0.3) is 0 Å². The molecule has 1 rings (SSSR count). The van der Waals surface area contributed by atoms with Crippen molar-refractivity contribution in [3.63, 3.8) is 0 Å². The SMILES string of the molecule is COc1cc(C)c(CNCC(=O)O)cc1C(C)C. The molecular weight excluding hydrogens is 230 g/mol. The van der Waals surface area contributed by atoms with Crippen LogP contribution in [0.1, 0.15) is 36.5 Å².